The van der Waals surface area contributed by atoms with Gasteiger partial charge in [0.2, 0.25) is 5.91 Å². The number of amides is 1. The molecule has 4 nitrogen and oxygen atoms in total. The molecule has 0 spiro atoms. The summed E-state index contributed by atoms with van der Waals surface area (Å²) in [5.74, 6) is 0.713. The molecule has 1 heterocycles. The maximum atomic E-state index is 11.9. The number of hydrogen-bond donors (Lipinski definition) is 1. The maximum absolute atomic E-state index is 11.9. The Morgan fingerprint density at radius 2 is 2.25 bits per heavy atom. The number of nitrogens with two attached hydrogens (primary N) is 1. The first-order valence-electron chi connectivity index (χ1n) is 6.92. The third kappa shape index (κ3) is 1.92. The minimum atomic E-state index is -0.379. The summed E-state index contributed by atoms with van der Waals surface area (Å²) >= 11 is 0. The number of nitrogens with zero attached hydrogens (tertiary/aromatic N) is 1. The van der Waals surface area contributed by atoms with Gasteiger partial charge in [-0.25, -0.2) is 0 Å². The van der Waals surface area contributed by atoms with Crippen LogP contribution >= 0.6 is 0 Å². The molecule has 104 valence electrons. The average Bonchev–Trinajstić information content (AvgIpc) is 2.44. The zero-order valence-corrected chi connectivity index (χ0v) is 11.8. The molecule has 3 rings (SSSR count). The molecule has 0 saturated carbocycles. The van der Waals surface area contributed by atoms with Crippen molar-refractivity contribution in [2.24, 2.45) is 5.73 Å². The van der Waals surface area contributed by atoms with E-state index in [-0.39, 0.29) is 5.91 Å². The van der Waals surface area contributed by atoms with Gasteiger partial charge in [0.25, 0.3) is 0 Å². The van der Waals surface area contributed by atoms with Gasteiger partial charge in [-0.1, -0.05) is 6.92 Å². The van der Waals surface area contributed by atoms with Crippen molar-refractivity contribution in [3.05, 3.63) is 35.0 Å². The lowest BCUT2D eigenvalue weighted by Crippen LogP contribution is -2.20. The van der Waals surface area contributed by atoms with Crippen LogP contribution in [0.1, 0.15) is 47.3 Å². The fourth-order valence-corrected chi connectivity index (χ4v) is 3.09. The number of methoxy groups -OCH3 is 1. The van der Waals surface area contributed by atoms with Gasteiger partial charge in [0.05, 0.1) is 18.2 Å². The van der Waals surface area contributed by atoms with E-state index in [1.807, 2.05) is 18.2 Å². The normalized spacial score (nSPS) is 17.8. The van der Waals surface area contributed by atoms with Crippen LogP contribution in [0.4, 0.5) is 0 Å². The van der Waals surface area contributed by atoms with E-state index in [1.165, 1.54) is 0 Å². The van der Waals surface area contributed by atoms with E-state index < -0.39 is 0 Å². The summed E-state index contributed by atoms with van der Waals surface area (Å²) in [5.41, 5.74) is 9.12. The van der Waals surface area contributed by atoms with Gasteiger partial charge in [0, 0.05) is 11.1 Å². The van der Waals surface area contributed by atoms with Gasteiger partial charge in [-0.2, -0.15) is 0 Å². The van der Waals surface area contributed by atoms with Gasteiger partial charge in [-0.3, -0.25) is 9.78 Å². The van der Waals surface area contributed by atoms with Crippen molar-refractivity contribution in [3.8, 4) is 5.75 Å². The summed E-state index contributed by atoms with van der Waals surface area (Å²) in [7, 11) is 1.61. The maximum Gasteiger partial charge on any atom is 0.249 e. The van der Waals surface area contributed by atoms with Crippen molar-refractivity contribution < 1.29 is 9.53 Å². The molecule has 1 atom stereocenters. The van der Waals surface area contributed by atoms with Crippen LogP contribution in [0.2, 0.25) is 0 Å². The fraction of sp³-hybridized carbons (Fsp3) is 0.375. The average molecular weight is 270 g/mol. The highest BCUT2D eigenvalue weighted by Gasteiger charge is 2.25. The second kappa shape index (κ2) is 4.78. The highest BCUT2D eigenvalue weighted by molar-refractivity contribution is 6.07. The second-order valence-electron chi connectivity index (χ2n) is 5.39. The lowest BCUT2D eigenvalue weighted by Gasteiger charge is -2.24. The first-order valence-corrected chi connectivity index (χ1v) is 6.92. The third-order valence-electron chi connectivity index (χ3n) is 4.10. The van der Waals surface area contributed by atoms with E-state index in [0.717, 1.165) is 41.4 Å². The molecule has 1 aliphatic carbocycles. The highest BCUT2D eigenvalue weighted by atomic mass is 16.5. The van der Waals surface area contributed by atoms with Gasteiger partial charge in [0.15, 0.2) is 0 Å². The molecule has 2 aromatic rings. The van der Waals surface area contributed by atoms with Crippen LogP contribution in [-0.2, 0) is 6.42 Å². The smallest absolute Gasteiger partial charge is 0.249 e. The van der Waals surface area contributed by atoms with Crippen molar-refractivity contribution in [2.45, 2.75) is 32.1 Å². The number of carbonyl (C=O) groups is 1. The largest absolute Gasteiger partial charge is 0.497 e. The molecule has 1 aromatic heterocycles. The number of rotatable bonds is 2. The van der Waals surface area contributed by atoms with Crippen molar-refractivity contribution in [1.29, 1.82) is 0 Å². The Hall–Kier alpha value is -2.10. The molecule has 2 N–H and O–H groups in total. The van der Waals surface area contributed by atoms with Crippen LogP contribution in [0, 0.1) is 0 Å². The minimum Gasteiger partial charge on any atom is -0.497 e. The zero-order chi connectivity index (χ0) is 14.3. The van der Waals surface area contributed by atoms with Crippen LogP contribution in [0.15, 0.2) is 18.2 Å². The predicted octanol–water partition coefficient (Wildman–Crippen LogP) is 2.78. The van der Waals surface area contributed by atoms with Gasteiger partial charge in [-0.05, 0) is 48.9 Å². The van der Waals surface area contributed by atoms with E-state index in [1.54, 1.807) is 7.11 Å². The number of aromatic nitrogens is 1. The summed E-state index contributed by atoms with van der Waals surface area (Å²) in [6, 6.07) is 5.60. The van der Waals surface area contributed by atoms with Crippen LogP contribution in [0.25, 0.3) is 10.9 Å². The molecule has 1 amide bonds. The van der Waals surface area contributed by atoms with E-state index in [2.05, 4.69) is 6.92 Å². The molecule has 0 saturated heterocycles. The van der Waals surface area contributed by atoms with Crippen molar-refractivity contribution in [2.75, 3.05) is 7.11 Å². The van der Waals surface area contributed by atoms with Gasteiger partial charge in [0.1, 0.15) is 5.75 Å². The summed E-state index contributed by atoms with van der Waals surface area (Å²) in [5, 5.41) is 0.796. The fourth-order valence-electron chi connectivity index (χ4n) is 3.09. The Morgan fingerprint density at radius 1 is 1.45 bits per heavy atom. The molecule has 1 unspecified atom stereocenters. The SMILES string of the molecule is COc1ccc2nc3c(c(C(N)=O)c2c1)CCCC3C. The van der Waals surface area contributed by atoms with Gasteiger partial charge >= 0.3 is 0 Å². The van der Waals surface area contributed by atoms with Gasteiger partial charge in [-0.15, -0.1) is 0 Å². The molecular formula is C16H18N2O2. The molecule has 0 fully saturated rings. The first kappa shape index (κ1) is 12.9. The number of carbonyl (C=O) groups excluding carboxylic acids is 1. The van der Waals surface area contributed by atoms with E-state index >= 15 is 0 Å². The molecule has 0 aliphatic heterocycles. The standard InChI is InChI=1S/C16H18N2O2/c1-9-4-3-5-11-14(16(17)19)12-8-10(20-2)6-7-13(12)18-15(9)11/h6-9H,3-5H2,1-2H3,(H2,17,19). The summed E-state index contributed by atoms with van der Waals surface area (Å²) in [6.07, 6.45) is 3.06. The lowest BCUT2D eigenvalue weighted by molar-refractivity contribution is 0.100. The zero-order valence-electron chi connectivity index (χ0n) is 11.8. The number of ether oxygens (including phenoxy) is 1. The number of primary amides is 1. The van der Waals surface area contributed by atoms with E-state index in [9.17, 15) is 4.79 Å². The number of hydrogen-bond acceptors (Lipinski definition) is 3. The Labute approximate surface area is 117 Å². The number of pyridine rings is 1. The first-order chi connectivity index (χ1) is 9.61. The Bertz CT molecular complexity index is 694. The van der Waals surface area contributed by atoms with Crippen LogP contribution in [-0.4, -0.2) is 18.0 Å². The Balaban J connectivity index is 2.38. The van der Waals surface area contributed by atoms with Gasteiger partial charge < -0.3 is 10.5 Å². The van der Waals surface area contributed by atoms with E-state index in [4.69, 9.17) is 15.5 Å². The molecule has 0 radical (unpaired) electrons. The number of benzene rings is 1. The quantitative estimate of drug-likeness (QED) is 0.912. The van der Waals surface area contributed by atoms with Crippen molar-refractivity contribution in [1.82, 2.24) is 4.98 Å². The molecule has 0 bridgehead atoms. The van der Waals surface area contributed by atoms with Crippen molar-refractivity contribution in [3.63, 3.8) is 0 Å². The molecule has 1 aliphatic rings. The molecule has 4 heteroatoms. The Kier molecular flexibility index (Phi) is 3.08. The van der Waals surface area contributed by atoms with Crippen LogP contribution in [0.5, 0.6) is 5.75 Å². The van der Waals surface area contributed by atoms with Crippen LogP contribution in [0.3, 0.4) is 0 Å². The summed E-state index contributed by atoms with van der Waals surface area (Å²) in [4.78, 5) is 16.7. The van der Waals surface area contributed by atoms with E-state index in [0.29, 0.717) is 17.2 Å². The molecule has 1 aromatic carbocycles. The third-order valence-corrected chi connectivity index (χ3v) is 4.10. The summed E-state index contributed by atoms with van der Waals surface area (Å²) in [6.45, 7) is 2.16. The molecule has 20 heavy (non-hydrogen) atoms. The van der Waals surface area contributed by atoms with Crippen LogP contribution < -0.4 is 10.5 Å². The van der Waals surface area contributed by atoms with Crippen molar-refractivity contribution >= 4 is 16.8 Å². The minimum absolute atomic E-state index is 0.378. The monoisotopic (exact) mass is 270 g/mol. The summed E-state index contributed by atoms with van der Waals surface area (Å²) < 4.78 is 5.24. The molecular weight excluding hydrogens is 252 g/mol. The topological polar surface area (TPSA) is 65.2 Å². The lowest BCUT2D eigenvalue weighted by atomic mass is 9.84. The second-order valence-corrected chi connectivity index (χ2v) is 5.39. The number of fused-ring (bicyclic) bond motifs is 2. The predicted molar refractivity (Wildman–Crippen MR) is 78.2 cm³/mol. The Morgan fingerprint density at radius 3 is 2.95 bits per heavy atom. The highest BCUT2D eigenvalue weighted by Crippen LogP contribution is 2.35.